The standard InChI is InChI=1S/C14H25N3/c1-10(2)9-17(11(3)4)14-12(5)6-13(7-15)8-16-14/h6,8,10-11H,7,9,15H2,1-5H3. The van der Waals surface area contributed by atoms with Gasteiger partial charge in [0.1, 0.15) is 5.82 Å². The van der Waals surface area contributed by atoms with Crippen LogP contribution >= 0.6 is 0 Å². The minimum Gasteiger partial charge on any atom is -0.354 e. The summed E-state index contributed by atoms with van der Waals surface area (Å²) in [6.07, 6.45) is 1.89. The van der Waals surface area contributed by atoms with Crippen LogP contribution in [-0.2, 0) is 6.54 Å². The van der Waals surface area contributed by atoms with E-state index in [0.29, 0.717) is 18.5 Å². The molecular formula is C14H25N3. The highest BCUT2D eigenvalue weighted by molar-refractivity contribution is 5.48. The van der Waals surface area contributed by atoms with Gasteiger partial charge in [-0.05, 0) is 43.9 Å². The second-order valence-electron chi connectivity index (χ2n) is 5.33. The molecule has 0 spiro atoms. The van der Waals surface area contributed by atoms with E-state index in [1.807, 2.05) is 6.20 Å². The van der Waals surface area contributed by atoms with Crippen LogP contribution in [0.4, 0.5) is 5.82 Å². The molecule has 0 aliphatic rings. The zero-order valence-electron chi connectivity index (χ0n) is 11.7. The molecule has 0 aliphatic heterocycles. The molecule has 0 saturated carbocycles. The number of aromatic nitrogens is 1. The summed E-state index contributed by atoms with van der Waals surface area (Å²) >= 11 is 0. The Hall–Kier alpha value is -1.09. The molecule has 2 N–H and O–H groups in total. The van der Waals surface area contributed by atoms with Crippen molar-refractivity contribution in [3.63, 3.8) is 0 Å². The normalized spacial score (nSPS) is 11.3. The number of nitrogens with two attached hydrogens (primary N) is 1. The van der Waals surface area contributed by atoms with E-state index in [2.05, 4.69) is 50.6 Å². The van der Waals surface area contributed by atoms with Gasteiger partial charge >= 0.3 is 0 Å². The summed E-state index contributed by atoms with van der Waals surface area (Å²) in [5.74, 6) is 1.72. The molecule has 0 saturated heterocycles. The highest BCUT2D eigenvalue weighted by Gasteiger charge is 2.15. The molecule has 96 valence electrons. The molecule has 0 aliphatic carbocycles. The monoisotopic (exact) mass is 235 g/mol. The molecule has 0 radical (unpaired) electrons. The molecular weight excluding hydrogens is 210 g/mol. The van der Waals surface area contributed by atoms with Crippen LogP contribution in [0.15, 0.2) is 12.3 Å². The first-order valence-corrected chi connectivity index (χ1v) is 6.38. The van der Waals surface area contributed by atoms with Crippen LogP contribution < -0.4 is 10.6 Å². The number of nitrogens with zero attached hydrogens (tertiary/aromatic N) is 2. The molecule has 1 aromatic rings. The summed E-state index contributed by atoms with van der Waals surface area (Å²) in [6.45, 7) is 12.6. The predicted octanol–water partition coefficient (Wildman–Crippen LogP) is 2.72. The molecule has 0 aromatic carbocycles. The Kier molecular flexibility index (Phi) is 4.94. The Labute approximate surface area is 105 Å². The third-order valence-corrected chi connectivity index (χ3v) is 2.80. The van der Waals surface area contributed by atoms with Gasteiger partial charge in [-0.2, -0.15) is 0 Å². The number of rotatable bonds is 5. The molecule has 0 unspecified atom stereocenters. The van der Waals surface area contributed by atoms with E-state index in [9.17, 15) is 0 Å². The fourth-order valence-corrected chi connectivity index (χ4v) is 1.97. The zero-order chi connectivity index (χ0) is 13.0. The summed E-state index contributed by atoms with van der Waals surface area (Å²) in [7, 11) is 0. The number of aryl methyl sites for hydroxylation is 1. The van der Waals surface area contributed by atoms with Gasteiger partial charge in [-0.15, -0.1) is 0 Å². The summed E-state index contributed by atoms with van der Waals surface area (Å²) in [4.78, 5) is 6.93. The van der Waals surface area contributed by atoms with Gasteiger partial charge in [-0.25, -0.2) is 4.98 Å². The first-order chi connectivity index (χ1) is 7.95. The molecule has 0 amide bonds. The molecule has 3 heteroatoms. The maximum Gasteiger partial charge on any atom is 0.131 e. The predicted molar refractivity (Wildman–Crippen MR) is 74.2 cm³/mol. The smallest absolute Gasteiger partial charge is 0.131 e. The molecule has 17 heavy (non-hydrogen) atoms. The Morgan fingerprint density at radius 3 is 2.35 bits per heavy atom. The van der Waals surface area contributed by atoms with Crippen molar-refractivity contribution in [3.8, 4) is 0 Å². The average molecular weight is 235 g/mol. The van der Waals surface area contributed by atoms with Crippen LogP contribution in [0, 0.1) is 12.8 Å². The summed E-state index contributed by atoms with van der Waals surface area (Å²) < 4.78 is 0. The van der Waals surface area contributed by atoms with Crippen molar-refractivity contribution in [3.05, 3.63) is 23.4 Å². The van der Waals surface area contributed by atoms with Gasteiger partial charge in [0.05, 0.1) is 0 Å². The second kappa shape index (κ2) is 6.01. The lowest BCUT2D eigenvalue weighted by Gasteiger charge is -2.31. The van der Waals surface area contributed by atoms with Gasteiger partial charge in [-0.1, -0.05) is 13.8 Å². The molecule has 0 atom stereocenters. The first kappa shape index (κ1) is 14.0. The lowest BCUT2D eigenvalue weighted by Crippen LogP contribution is -2.35. The quantitative estimate of drug-likeness (QED) is 0.853. The molecule has 0 bridgehead atoms. The maximum atomic E-state index is 5.63. The third-order valence-electron chi connectivity index (χ3n) is 2.80. The zero-order valence-corrected chi connectivity index (χ0v) is 11.7. The summed E-state index contributed by atoms with van der Waals surface area (Å²) in [6, 6.07) is 2.60. The van der Waals surface area contributed by atoms with Crippen LogP contribution in [-0.4, -0.2) is 17.6 Å². The van der Waals surface area contributed by atoms with Crippen molar-refractivity contribution in [1.29, 1.82) is 0 Å². The van der Waals surface area contributed by atoms with Crippen LogP contribution in [0.5, 0.6) is 0 Å². The van der Waals surface area contributed by atoms with Gasteiger partial charge in [0, 0.05) is 25.3 Å². The third kappa shape index (κ3) is 3.70. The Bertz CT molecular complexity index is 358. The van der Waals surface area contributed by atoms with E-state index in [1.165, 1.54) is 5.56 Å². The lowest BCUT2D eigenvalue weighted by atomic mass is 10.1. The Balaban J connectivity index is 3.01. The molecule has 1 aromatic heterocycles. The summed E-state index contributed by atoms with van der Waals surface area (Å²) in [5, 5.41) is 0. The van der Waals surface area contributed by atoms with Crippen molar-refractivity contribution < 1.29 is 0 Å². The van der Waals surface area contributed by atoms with Crippen LogP contribution in [0.25, 0.3) is 0 Å². The number of pyridine rings is 1. The lowest BCUT2D eigenvalue weighted by molar-refractivity contribution is 0.565. The largest absolute Gasteiger partial charge is 0.354 e. The maximum absolute atomic E-state index is 5.63. The van der Waals surface area contributed by atoms with Crippen molar-refractivity contribution in [2.24, 2.45) is 11.7 Å². The van der Waals surface area contributed by atoms with Gasteiger partial charge < -0.3 is 10.6 Å². The minimum atomic E-state index is 0.465. The van der Waals surface area contributed by atoms with E-state index in [1.54, 1.807) is 0 Å². The molecule has 1 rings (SSSR count). The van der Waals surface area contributed by atoms with Crippen molar-refractivity contribution in [2.75, 3.05) is 11.4 Å². The van der Waals surface area contributed by atoms with Gasteiger partial charge in [0.25, 0.3) is 0 Å². The second-order valence-corrected chi connectivity index (χ2v) is 5.33. The van der Waals surface area contributed by atoms with Crippen molar-refractivity contribution in [2.45, 2.75) is 47.2 Å². The van der Waals surface area contributed by atoms with E-state index < -0.39 is 0 Å². The molecule has 3 nitrogen and oxygen atoms in total. The fourth-order valence-electron chi connectivity index (χ4n) is 1.97. The minimum absolute atomic E-state index is 0.465. The number of anilines is 1. The van der Waals surface area contributed by atoms with E-state index >= 15 is 0 Å². The van der Waals surface area contributed by atoms with Gasteiger partial charge in [0.15, 0.2) is 0 Å². The highest BCUT2D eigenvalue weighted by Crippen LogP contribution is 2.21. The Morgan fingerprint density at radius 2 is 1.94 bits per heavy atom. The van der Waals surface area contributed by atoms with Crippen LogP contribution in [0.2, 0.25) is 0 Å². The number of hydrogen-bond acceptors (Lipinski definition) is 3. The molecule has 0 fully saturated rings. The SMILES string of the molecule is Cc1cc(CN)cnc1N(CC(C)C)C(C)C. The van der Waals surface area contributed by atoms with E-state index in [0.717, 1.165) is 17.9 Å². The highest BCUT2D eigenvalue weighted by atomic mass is 15.2. The first-order valence-electron chi connectivity index (χ1n) is 6.38. The van der Waals surface area contributed by atoms with Gasteiger partial charge in [0.2, 0.25) is 0 Å². The van der Waals surface area contributed by atoms with Crippen LogP contribution in [0.1, 0.15) is 38.8 Å². The van der Waals surface area contributed by atoms with Crippen molar-refractivity contribution in [1.82, 2.24) is 4.98 Å². The average Bonchev–Trinajstić information content (AvgIpc) is 2.25. The van der Waals surface area contributed by atoms with Gasteiger partial charge in [-0.3, -0.25) is 0 Å². The number of hydrogen-bond donors (Lipinski definition) is 1. The van der Waals surface area contributed by atoms with E-state index in [4.69, 9.17) is 5.73 Å². The van der Waals surface area contributed by atoms with E-state index in [-0.39, 0.29) is 0 Å². The van der Waals surface area contributed by atoms with Crippen LogP contribution in [0.3, 0.4) is 0 Å². The summed E-state index contributed by atoms with van der Waals surface area (Å²) in [5.41, 5.74) is 7.94. The topological polar surface area (TPSA) is 42.1 Å². The Morgan fingerprint density at radius 1 is 1.29 bits per heavy atom. The van der Waals surface area contributed by atoms with Crippen molar-refractivity contribution >= 4 is 5.82 Å². The fraction of sp³-hybridized carbons (Fsp3) is 0.643. The molecule has 1 heterocycles.